The number of hydrogen-bond acceptors (Lipinski definition) is 5. The van der Waals surface area contributed by atoms with Gasteiger partial charge in [-0.05, 0) is 25.8 Å². The number of carbonyl (C=O) groups excluding carboxylic acids is 1. The van der Waals surface area contributed by atoms with E-state index in [2.05, 4.69) is 20.6 Å². The number of thiazole rings is 1. The predicted octanol–water partition coefficient (Wildman–Crippen LogP) is 3.75. The van der Waals surface area contributed by atoms with Crippen molar-refractivity contribution in [1.29, 1.82) is 0 Å². The number of amides is 1. The quantitative estimate of drug-likeness (QED) is 0.879. The van der Waals surface area contributed by atoms with E-state index < -0.39 is 0 Å². The summed E-state index contributed by atoms with van der Waals surface area (Å²) in [7, 11) is 0. The normalized spacial score (nSPS) is 14.0. The topological polar surface area (TPSA) is 66.9 Å². The van der Waals surface area contributed by atoms with Gasteiger partial charge in [-0.25, -0.2) is 9.97 Å². The van der Waals surface area contributed by atoms with Gasteiger partial charge >= 0.3 is 0 Å². The standard InChI is InChI=1S/C14H15ClN4OS/c1-2-16-12-10(15)5-9(6-17-12)13(20)19-14-18-11(7-21-14)8-3-4-8/h5-8H,2-4H2,1H3,(H,16,17)(H,18,19,20). The smallest absolute Gasteiger partial charge is 0.259 e. The Kier molecular flexibility index (Phi) is 4.07. The summed E-state index contributed by atoms with van der Waals surface area (Å²) in [4.78, 5) is 20.7. The SMILES string of the molecule is CCNc1ncc(C(=O)Nc2nc(C3CC3)cs2)cc1Cl. The van der Waals surface area contributed by atoms with Gasteiger partial charge in [-0.1, -0.05) is 11.6 Å². The third-order valence-corrected chi connectivity index (χ3v) is 4.25. The summed E-state index contributed by atoms with van der Waals surface area (Å²) in [5, 5.41) is 8.88. The molecule has 2 heterocycles. The maximum absolute atomic E-state index is 12.2. The van der Waals surface area contributed by atoms with Gasteiger partial charge in [0, 0.05) is 24.0 Å². The molecule has 0 saturated heterocycles. The molecule has 1 aliphatic rings. The zero-order valence-corrected chi connectivity index (χ0v) is 13.1. The molecule has 0 aromatic carbocycles. The Bertz CT molecular complexity index is 669. The van der Waals surface area contributed by atoms with Crippen LogP contribution in [0.4, 0.5) is 10.9 Å². The summed E-state index contributed by atoms with van der Waals surface area (Å²) in [6, 6.07) is 1.61. The molecule has 0 aliphatic heterocycles. The van der Waals surface area contributed by atoms with E-state index in [1.807, 2.05) is 12.3 Å². The fourth-order valence-electron chi connectivity index (χ4n) is 1.94. The van der Waals surface area contributed by atoms with Crippen molar-refractivity contribution >= 4 is 39.8 Å². The number of pyridine rings is 1. The van der Waals surface area contributed by atoms with Crippen LogP contribution in [0.15, 0.2) is 17.6 Å². The number of aromatic nitrogens is 2. The van der Waals surface area contributed by atoms with Crippen molar-refractivity contribution in [1.82, 2.24) is 9.97 Å². The number of nitrogens with zero attached hydrogens (tertiary/aromatic N) is 2. The van der Waals surface area contributed by atoms with Crippen LogP contribution in [0.3, 0.4) is 0 Å². The molecule has 1 saturated carbocycles. The number of anilines is 2. The number of rotatable bonds is 5. The van der Waals surface area contributed by atoms with E-state index in [0.717, 1.165) is 12.2 Å². The molecule has 0 spiro atoms. The highest BCUT2D eigenvalue weighted by molar-refractivity contribution is 7.14. The molecular weight excluding hydrogens is 308 g/mol. The Morgan fingerprint density at radius 2 is 2.33 bits per heavy atom. The number of hydrogen-bond donors (Lipinski definition) is 2. The van der Waals surface area contributed by atoms with Crippen molar-refractivity contribution in [2.24, 2.45) is 0 Å². The summed E-state index contributed by atoms with van der Waals surface area (Å²) < 4.78 is 0. The third-order valence-electron chi connectivity index (χ3n) is 3.19. The Labute approximate surface area is 131 Å². The van der Waals surface area contributed by atoms with Crippen molar-refractivity contribution in [2.75, 3.05) is 17.2 Å². The van der Waals surface area contributed by atoms with Crippen LogP contribution in [0.2, 0.25) is 5.02 Å². The molecule has 1 fully saturated rings. The molecule has 0 radical (unpaired) electrons. The van der Waals surface area contributed by atoms with Gasteiger partial charge in [-0.2, -0.15) is 0 Å². The maximum atomic E-state index is 12.2. The fourth-order valence-corrected chi connectivity index (χ4v) is 2.96. The molecule has 2 aromatic rings. The minimum absolute atomic E-state index is 0.246. The summed E-state index contributed by atoms with van der Waals surface area (Å²) in [5.41, 5.74) is 1.50. The number of halogens is 1. The molecule has 0 bridgehead atoms. The Hall–Kier alpha value is -1.66. The molecule has 1 aliphatic carbocycles. The van der Waals surface area contributed by atoms with E-state index in [1.165, 1.54) is 30.4 Å². The van der Waals surface area contributed by atoms with Crippen LogP contribution in [0, 0.1) is 0 Å². The molecule has 21 heavy (non-hydrogen) atoms. The third kappa shape index (κ3) is 3.33. The number of nitrogens with one attached hydrogen (secondary N) is 2. The van der Waals surface area contributed by atoms with Crippen molar-refractivity contribution in [2.45, 2.75) is 25.7 Å². The van der Waals surface area contributed by atoms with Crippen LogP contribution in [0.25, 0.3) is 0 Å². The molecule has 0 atom stereocenters. The highest BCUT2D eigenvalue weighted by Crippen LogP contribution is 2.40. The van der Waals surface area contributed by atoms with Gasteiger partial charge in [0.2, 0.25) is 0 Å². The molecule has 1 amide bonds. The highest BCUT2D eigenvalue weighted by Gasteiger charge is 2.26. The Morgan fingerprint density at radius 1 is 1.52 bits per heavy atom. The van der Waals surface area contributed by atoms with Gasteiger partial charge in [0.15, 0.2) is 5.13 Å². The van der Waals surface area contributed by atoms with E-state index in [-0.39, 0.29) is 5.91 Å². The van der Waals surface area contributed by atoms with Crippen LogP contribution >= 0.6 is 22.9 Å². The lowest BCUT2D eigenvalue weighted by Crippen LogP contribution is -2.12. The Balaban J connectivity index is 1.70. The largest absolute Gasteiger partial charge is 0.369 e. The van der Waals surface area contributed by atoms with Crippen LogP contribution in [0.5, 0.6) is 0 Å². The van der Waals surface area contributed by atoms with Crippen LogP contribution in [0.1, 0.15) is 41.7 Å². The maximum Gasteiger partial charge on any atom is 0.259 e. The monoisotopic (exact) mass is 322 g/mol. The summed E-state index contributed by atoms with van der Waals surface area (Å²) >= 11 is 7.54. The molecule has 0 unspecified atom stereocenters. The highest BCUT2D eigenvalue weighted by atomic mass is 35.5. The van der Waals surface area contributed by atoms with Gasteiger partial charge in [0.25, 0.3) is 5.91 Å². The van der Waals surface area contributed by atoms with Gasteiger partial charge in [-0.15, -0.1) is 11.3 Å². The van der Waals surface area contributed by atoms with Crippen molar-refractivity contribution in [3.05, 3.63) is 33.9 Å². The summed E-state index contributed by atoms with van der Waals surface area (Å²) in [6.45, 7) is 2.68. The van der Waals surface area contributed by atoms with Gasteiger partial charge < -0.3 is 5.32 Å². The summed E-state index contributed by atoms with van der Waals surface area (Å²) in [5.74, 6) is 0.924. The second kappa shape index (κ2) is 5.99. The van der Waals surface area contributed by atoms with E-state index >= 15 is 0 Å². The first-order valence-corrected chi connectivity index (χ1v) is 8.09. The lowest BCUT2D eigenvalue weighted by atomic mass is 10.2. The van der Waals surface area contributed by atoms with Crippen LogP contribution < -0.4 is 10.6 Å². The van der Waals surface area contributed by atoms with Gasteiger partial charge in [0.05, 0.1) is 16.3 Å². The minimum Gasteiger partial charge on any atom is -0.369 e. The first-order chi connectivity index (χ1) is 10.2. The predicted molar refractivity (Wildman–Crippen MR) is 85.5 cm³/mol. The first-order valence-electron chi connectivity index (χ1n) is 6.83. The van der Waals surface area contributed by atoms with Crippen molar-refractivity contribution < 1.29 is 4.79 Å². The zero-order valence-electron chi connectivity index (χ0n) is 11.5. The van der Waals surface area contributed by atoms with Crippen molar-refractivity contribution in [3.63, 3.8) is 0 Å². The molecule has 3 rings (SSSR count). The van der Waals surface area contributed by atoms with Crippen molar-refractivity contribution in [3.8, 4) is 0 Å². The van der Waals surface area contributed by atoms with E-state index in [4.69, 9.17) is 11.6 Å². The average Bonchev–Trinajstić information content (AvgIpc) is 3.22. The first kappa shape index (κ1) is 14.3. The summed E-state index contributed by atoms with van der Waals surface area (Å²) in [6.07, 6.45) is 3.90. The van der Waals surface area contributed by atoms with Crippen LogP contribution in [-0.4, -0.2) is 22.4 Å². The van der Waals surface area contributed by atoms with Gasteiger partial charge in [-0.3, -0.25) is 10.1 Å². The Morgan fingerprint density at radius 3 is 3.00 bits per heavy atom. The molecule has 5 nitrogen and oxygen atoms in total. The lowest BCUT2D eigenvalue weighted by Gasteiger charge is -2.06. The molecular formula is C14H15ClN4OS. The molecule has 7 heteroatoms. The fraction of sp³-hybridized carbons (Fsp3) is 0.357. The number of carbonyl (C=O) groups is 1. The second-order valence-corrected chi connectivity index (χ2v) is 6.16. The second-order valence-electron chi connectivity index (χ2n) is 4.89. The van der Waals surface area contributed by atoms with Gasteiger partial charge in [0.1, 0.15) is 5.82 Å². The van der Waals surface area contributed by atoms with E-state index in [9.17, 15) is 4.79 Å². The molecule has 110 valence electrons. The van der Waals surface area contributed by atoms with Crippen LogP contribution in [-0.2, 0) is 0 Å². The van der Waals surface area contributed by atoms with E-state index in [1.54, 1.807) is 6.07 Å². The minimum atomic E-state index is -0.246. The molecule has 2 N–H and O–H groups in total. The molecule has 2 aromatic heterocycles. The zero-order chi connectivity index (χ0) is 14.8. The lowest BCUT2D eigenvalue weighted by molar-refractivity contribution is 0.102. The average molecular weight is 323 g/mol. The van der Waals surface area contributed by atoms with E-state index in [0.29, 0.717) is 27.5 Å².